The van der Waals surface area contributed by atoms with E-state index in [-0.39, 0.29) is 11.3 Å². The van der Waals surface area contributed by atoms with Gasteiger partial charge in [0, 0.05) is 16.0 Å². The first-order valence-corrected chi connectivity index (χ1v) is 8.64. The van der Waals surface area contributed by atoms with Crippen LogP contribution in [0.1, 0.15) is 42.6 Å². The molecule has 2 aromatic heterocycles. The molecular weight excluding hydrogens is 384 g/mol. The third kappa shape index (κ3) is 3.66. The minimum Gasteiger partial charge on any atom is -0.359 e. The molecule has 0 spiro atoms. The van der Waals surface area contributed by atoms with E-state index in [0.717, 1.165) is 15.9 Å². The standard InChI is InChI=1S/C18H19BrN4O2/c1-11-14(10-20-23(11)13-7-5-12(19)6-8-13)17(24)21-16-9-15(25-22-16)18(2,3)4/h5-10H,1-4H3,(H,21,22,24). The number of hydrogen-bond acceptors (Lipinski definition) is 4. The molecule has 0 aliphatic rings. The SMILES string of the molecule is Cc1c(C(=O)Nc2cc(C(C)(C)C)on2)cnn1-c1ccc(Br)cc1. The van der Waals surface area contributed by atoms with Gasteiger partial charge in [0.1, 0.15) is 5.76 Å². The normalized spacial score (nSPS) is 11.6. The predicted octanol–water partition coefficient (Wildman–Crippen LogP) is 4.48. The number of aromatic nitrogens is 3. The van der Waals surface area contributed by atoms with Gasteiger partial charge in [-0.1, -0.05) is 41.9 Å². The number of anilines is 1. The lowest BCUT2D eigenvalue weighted by molar-refractivity contribution is 0.102. The van der Waals surface area contributed by atoms with Gasteiger partial charge in [-0.05, 0) is 31.2 Å². The first kappa shape index (κ1) is 17.4. The van der Waals surface area contributed by atoms with Crippen molar-refractivity contribution in [1.82, 2.24) is 14.9 Å². The molecule has 0 bridgehead atoms. The van der Waals surface area contributed by atoms with E-state index in [0.29, 0.717) is 17.1 Å². The second-order valence-corrected chi connectivity index (χ2v) is 7.73. The number of halogens is 1. The zero-order chi connectivity index (χ0) is 18.2. The predicted molar refractivity (Wildman–Crippen MR) is 99.2 cm³/mol. The van der Waals surface area contributed by atoms with Crippen LogP contribution < -0.4 is 5.32 Å². The molecule has 130 valence electrons. The lowest BCUT2D eigenvalue weighted by atomic mass is 9.93. The summed E-state index contributed by atoms with van der Waals surface area (Å²) in [5.41, 5.74) is 1.96. The molecule has 0 saturated heterocycles. The van der Waals surface area contributed by atoms with Gasteiger partial charge in [0.25, 0.3) is 5.91 Å². The number of nitrogens with zero attached hydrogens (tertiary/aromatic N) is 3. The van der Waals surface area contributed by atoms with Gasteiger partial charge >= 0.3 is 0 Å². The Morgan fingerprint density at radius 2 is 1.92 bits per heavy atom. The maximum absolute atomic E-state index is 12.5. The number of benzene rings is 1. The van der Waals surface area contributed by atoms with E-state index < -0.39 is 0 Å². The summed E-state index contributed by atoms with van der Waals surface area (Å²) in [6.07, 6.45) is 1.55. The highest BCUT2D eigenvalue weighted by atomic mass is 79.9. The second kappa shape index (κ2) is 6.48. The smallest absolute Gasteiger partial charge is 0.260 e. The Hall–Kier alpha value is -2.41. The lowest BCUT2D eigenvalue weighted by Gasteiger charge is -2.12. The molecule has 1 amide bonds. The Balaban J connectivity index is 1.81. The van der Waals surface area contributed by atoms with Crippen LogP contribution in [0.5, 0.6) is 0 Å². The van der Waals surface area contributed by atoms with Crippen molar-refractivity contribution in [2.24, 2.45) is 0 Å². The molecule has 0 aliphatic heterocycles. The van der Waals surface area contributed by atoms with Crippen molar-refractivity contribution in [3.8, 4) is 5.69 Å². The Labute approximate surface area is 154 Å². The van der Waals surface area contributed by atoms with Gasteiger partial charge in [-0.2, -0.15) is 5.10 Å². The number of nitrogens with one attached hydrogen (secondary N) is 1. The molecule has 3 rings (SSSR count). The van der Waals surface area contributed by atoms with Crippen molar-refractivity contribution < 1.29 is 9.32 Å². The molecule has 0 aliphatic carbocycles. The number of rotatable bonds is 3. The Kier molecular flexibility index (Phi) is 4.51. The van der Waals surface area contributed by atoms with Gasteiger partial charge in [-0.25, -0.2) is 4.68 Å². The van der Waals surface area contributed by atoms with Crippen molar-refractivity contribution in [3.05, 3.63) is 58.0 Å². The van der Waals surface area contributed by atoms with Crippen LogP contribution in [0.15, 0.2) is 45.5 Å². The van der Waals surface area contributed by atoms with Crippen molar-refractivity contribution in [3.63, 3.8) is 0 Å². The van der Waals surface area contributed by atoms with Crippen LogP contribution in [0.3, 0.4) is 0 Å². The minimum atomic E-state index is -0.269. The minimum absolute atomic E-state index is 0.168. The van der Waals surface area contributed by atoms with E-state index in [1.165, 1.54) is 0 Å². The van der Waals surface area contributed by atoms with Gasteiger partial charge in [0.05, 0.1) is 23.1 Å². The van der Waals surface area contributed by atoms with Crippen LogP contribution in [-0.2, 0) is 5.41 Å². The van der Waals surface area contributed by atoms with Gasteiger partial charge in [-0.3, -0.25) is 4.79 Å². The molecule has 1 N–H and O–H groups in total. The van der Waals surface area contributed by atoms with Gasteiger partial charge < -0.3 is 9.84 Å². The number of hydrogen-bond donors (Lipinski definition) is 1. The molecule has 0 unspecified atom stereocenters. The average Bonchev–Trinajstić information content (AvgIpc) is 3.15. The summed E-state index contributed by atoms with van der Waals surface area (Å²) < 4.78 is 8.00. The van der Waals surface area contributed by atoms with Gasteiger partial charge in [0.15, 0.2) is 5.82 Å². The number of amides is 1. The van der Waals surface area contributed by atoms with Crippen LogP contribution in [0.4, 0.5) is 5.82 Å². The molecule has 2 heterocycles. The maximum atomic E-state index is 12.5. The van der Waals surface area contributed by atoms with Gasteiger partial charge in [-0.15, -0.1) is 0 Å². The molecule has 25 heavy (non-hydrogen) atoms. The van der Waals surface area contributed by atoms with E-state index in [1.54, 1.807) is 16.9 Å². The van der Waals surface area contributed by atoms with Crippen LogP contribution in [0.2, 0.25) is 0 Å². The van der Waals surface area contributed by atoms with E-state index in [4.69, 9.17) is 4.52 Å². The first-order valence-electron chi connectivity index (χ1n) is 7.85. The van der Waals surface area contributed by atoms with Crippen molar-refractivity contribution in [2.75, 3.05) is 5.32 Å². The zero-order valence-electron chi connectivity index (χ0n) is 14.5. The van der Waals surface area contributed by atoms with E-state index in [2.05, 4.69) is 31.5 Å². The lowest BCUT2D eigenvalue weighted by Crippen LogP contribution is -2.13. The summed E-state index contributed by atoms with van der Waals surface area (Å²) in [5.74, 6) is 0.838. The highest BCUT2D eigenvalue weighted by Gasteiger charge is 2.21. The molecule has 1 aromatic carbocycles. The van der Waals surface area contributed by atoms with E-state index in [9.17, 15) is 4.79 Å². The van der Waals surface area contributed by atoms with Crippen LogP contribution in [-0.4, -0.2) is 20.8 Å². The van der Waals surface area contributed by atoms with Crippen LogP contribution >= 0.6 is 15.9 Å². The van der Waals surface area contributed by atoms with Crippen molar-refractivity contribution in [2.45, 2.75) is 33.1 Å². The second-order valence-electron chi connectivity index (χ2n) is 6.81. The molecular formula is C18H19BrN4O2. The monoisotopic (exact) mass is 402 g/mol. The molecule has 0 radical (unpaired) electrons. The first-order chi connectivity index (χ1) is 11.8. The third-order valence-corrected chi connectivity index (χ3v) is 4.35. The molecule has 0 saturated carbocycles. The highest BCUT2D eigenvalue weighted by molar-refractivity contribution is 9.10. The Morgan fingerprint density at radius 3 is 2.52 bits per heavy atom. The molecule has 7 heteroatoms. The average molecular weight is 403 g/mol. The fraction of sp³-hybridized carbons (Fsp3) is 0.278. The van der Waals surface area contributed by atoms with Crippen molar-refractivity contribution in [1.29, 1.82) is 0 Å². The Bertz CT molecular complexity index is 904. The summed E-state index contributed by atoms with van der Waals surface area (Å²) in [6.45, 7) is 7.91. The summed E-state index contributed by atoms with van der Waals surface area (Å²) in [5, 5.41) is 11.0. The van der Waals surface area contributed by atoms with E-state index in [1.807, 2.05) is 52.0 Å². The summed E-state index contributed by atoms with van der Waals surface area (Å²) >= 11 is 3.41. The van der Waals surface area contributed by atoms with E-state index >= 15 is 0 Å². The third-order valence-electron chi connectivity index (χ3n) is 3.82. The quantitative estimate of drug-likeness (QED) is 0.700. The maximum Gasteiger partial charge on any atom is 0.260 e. The largest absolute Gasteiger partial charge is 0.359 e. The molecule has 6 nitrogen and oxygen atoms in total. The zero-order valence-corrected chi connectivity index (χ0v) is 16.1. The Morgan fingerprint density at radius 1 is 1.24 bits per heavy atom. The fourth-order valence-electron chi connectivity index (χ4n) is 2.35. The summed E-state index contributed by atoms with van der Waals surface area (Å²) in [6, 6.07) is 9.46. The van der Waals surface area contributed by atoms with Gasteiger partial charge in [0.2, 0.25) is 0 Å². The highest BCUT2D eigenvalue weighted by Crippen LogP contribution is 2.25. The topological polar surface area (TPSA) is 73.0 Å². The molecule has 0 fully saturated rings. The van der Waals surface area contributed by atoms with Crippen LogP contribution in [0.25, 0.3) is 5.69 Å². The van der Waals surface area contributed by atoms with Crippen LogP contribution in [0, 0.1) is 6.92 Å². The molecule has 0 atom stereocenters. The number of carbonyl (C=O) groups is 1. The summed E-state index contributed by atoms with van der Waals surface area (Å²) in [7, 11) is 0. The fourth-order valence-corrected chi connectivity index (χ4v) is 2.61. The molecule has 3 aromatic rings. The van der Waals surface area contributed by atoms with Crippen molar-refractivity contribution >= 4 is 27.7 Å². The number of carbonyl (C=O) groups excluding carboxylic acids is 1. The summed E-state index contributed by atoms with van der Waals surface area (Å²) in [4.78, 5) is 12.5.